The highest BCUT2D eigenvalue weighted by atomic mass is 16.3. The molecule has 2 N–H and O–H groups in total. The molecule has 0 aromatic heterocycles. The molecule has 0 saturated carbocycles. The molecule has 0 aliphatic rings. The molecule has 0 rings (SSSR count). The first kappa shape index (κ1) is 10.4. The van der Waals surface area contributed by atoms with Gasteiger partial charge in [0.25, 0.3) is 5.91 Å². The van der Waals surface area contributed by atoms with Crippen LogP contribution in [0.2, 0.25) is 0 Å². The van der Waals surface area contributed by atoms with Crippen molar-refractivity contribution < 1.29 is 9.90 Å². The molecule has 11 heavy (non-hydrogen) atoms. The van der Waals surface area contributed by atoms with E-state index < -0.39 is 5.60 Å². The molecule has 0 bridgehead atoms. The van der Waals surface area contributed by atoms with Gasteiger partial charge in [-0.05, 0) is 34.6 Å². The summed E-state index contributed by atoms with van der Waals surface area (Å²) in [6, 6.07) is 0. The fourth-order valence-corrected chi connectivity index (χ4v) is 0.494. The summed E-state index contributed by atoms with van der Waals surface area (Å²) in [5.74, 6) is -0.343. The Labute approximate surface area is 67.8 Å². The molecule has 0 aromatic carbocycles. The SMILES string of the molecule is CC(C)(C)NC(=O)C(C)(C)O. The topological polar surface area (TPSA) is 49.3 Å². The van der Waals surface area contributed by atoms with E-state index in [1.807, 2.05) is 20.8 Å². The van der Waals surface area contributed by atoms with Crippen LogP contribution in [0.3, 0.4) is 0 Å². The molecule has 0 spiro atoms. The van der Waals surface area contributed by atoms with Crippen LogP contribution in [0.1, 0.15) is 34.6 Å². The average Bonchev–Trinajstić information content (AvgIpc) is 1.56. The Bertz CT molecular complexity index is 150. The lowest BCUT2D eigenvalue weighted by molar-refractivity contribution is -0.137. The molecule has 0 radical (unpaired) electrons. The largest absolute Gasteiger partial charge is 0.381 e. The number of carbonyl (C=O) groups excluding carboxylic acids is 1. The van der Waals surface area contributed by atoms with Crippen LogP contribution in [-0.2, 0) is 4.79 Å². The molecule has 0 saturated heterocycles. The van der Waals surface area contributed by atoms with Gasteiger partial charge in [0.05, 0.1) is 0 Å². The van der Waals surface area contributed by atoms with E-state index in [2.05, 4.69) is 5.32 Å². The predicted octanol–water partition coefficient (Wildman–Crippen LogP) is 0.672. The highest BCUT2D eigenvalue weighted by Gasteiger charge is 2.26. The highest BCUT2D eigenvalue weighted by molar-refractivity contribution is 5.84. The van der Waals surface area contributed by atoms with Crippen molar-refractivity contribution >= 4 is 5.91 Å². The third kappa shape index (κ3) is 4.79. The molecule has 0 fully saturated rings. The highest BCUT2D eigenvalue weighted by Crippen LogP contribution is 2.05. The second-order valence-corrected chi connectivity index (χ2v) is 4.26. The Morgan fingerprint density at radius 3 is 1.64 bits per heavy atom. The summed E-state index contributed by atoms with van der Waals surface area (Å²) >= 11 is 0. The fourth-order valence-electron chi connectivity index (χ4n) is 0.494. The smallest absolute Gasteiger partial charge is 0.251 e. The van der Waals surface area contributed by atoms with Gasteiger partial charge in [-0.3, -0.25) is 4.79 Å². The van der Waals surface area contributed by atoms with Crippen LogP contribution in [0.5, 0.6) is 0 Å². The Morgan fingerprint density at radius 1 is 1.18 bits per heavy atom. The number of hydrogen-bond donors (Lipinski definition) is 2. The average molecular weight is 159 g/mol. The monoisotopic (exact) mass is 159 g/mol. The molecule has 0 aliphatic carbocycles. The van der Waals surface area contributed by atoms with E-state index in [9.17, 15) is 9.90 Å². The number of carbonyl (C=O) groups is 1. The minimum absolute atomic E-state index is 0.281. The molecule has 0 heterocycles. The zero-order chi connectivity index (χ0) is 9.28. The van der Waals surface area contributed by atoms with E-state index in [0.717, 1.165) is 0 Å². The Hall–Kier alpha value is -0.570. The second-order valence-electron chi connectivity index (χ2n) is 4.26. The van der Waals surface area contributed by atoms with Crippen molar-refractivity contribution in [1.82, 2.24) is 5.32 Å². The number of rotatable bonds is 1. The summed E-state index contributed by atoms with van der Waals surface area (Å²) in [5.41, 5.74) is -1.57. The molecule has 0 aromatic rings. The zero-order valence-electron chi connectivity index (χ0n) is 7.86. The molecule has 3 heteroatoms. The van der Waals surface area contributed by atoms with Crippen molar-refractivity contribution in [3.63, 3.8) is 0 Å². The molecular formula is C8H17NO2. The number of nitrogens with one attached hydrogen (secondary N) is 1. The van der Waals surface area contributed by atoms with Crippen LogP contribution in [0, 0.1) is 0 Å². The van der Waals surface area contributed by atoms with Gasteiger partial charge in [-0.15, -0.1) is 0 Å². The summed E-state index contributed by atoms with van der Waals surface area (Å²) in [5, 5.41) is 11.9. The van der Waals surface area contributed by atoms with Gasteiger partial charge < -0.3 is 10.4 Å². The van der Waals surface area contributed by atoms with E-state index in [0.29, 0.717) is 0 Å². The molecule has 1 amide bonds. The van der Waals surface area contributed by atoms with Gasteiger partial charge in [0.2, 0.25) is 0 Å². The minimum Gasteiger partial charge on any atom is -0.381 e. The maximum Gasteiger partial charge on any atom is 0.251 e. The summed E-state index contributed by atoms with van der Waals surface area (Å²) < 4.78 is 0. The standard InChI is InChI=1S/C8H17NO2/c1-7(2,3)9-6(10)8(4,5)11/h11H,1-5H3,(H,9,10). The van der Waals surface area contributed by atoms with Crippen molar-refractivity contribution in [1.29, 1.82) is 0 Å². The van der Waals surface area contributed by atoms with Crippen LogP contribution in [0.4, 0.5) is 0 Å². The third-order valence-electron chi connectivity index (χ3n) is 1.04. The normalized spacial score (nSPS) is 12.9. The second kappa shape index (κ2) is 2.81. The van der Waals surface area contributed by atoms with E-state index in [4.69, 9.17) is 0 Å². The van der Waals surface area contributed by atoms with E-state index >= 15 is 0 Å². The van der Waals surface area contributed by atoms with Crippen LogP contribution in [0.25, 0.3) is 0 Å². The van der Waals surface area contributed by atoms with Gasteiger partial charge in [0, 0.05) is 5.54 Å². The maximum absolute atomic E-state index is 11.1. The van der Waals surface area contributed by atoms with Gasteiger partial charge in [-0.1, -0.05) is 0 Å². The summed E-state index contributed by atoms with van der Waals surface area (Å²) in [4.78, 5) is 11.1. The van der Waals surface area contributed by atoms with Crippen molar-refractivity contribution in [3.8, 4) is 0 Å². The van der Waals surface area contributed by atoms with Crippen molar-refractivity contribution in [3.05, 3.63) is 0 Å². The molecule has 0 unspecified atom stereocenters. The quantitative estimate of drug-likeness (QED) is 0.591. The molecule has 0 atom stereocenters. The van der Waals surface area contributed by atoms with Gasteiger partial charge >= 0.3 is 0 Å². The Balaban J connectivity index is 4.11. The minimum atomic E-state index is -1.28. The first-order valence-electron chi connectivity index (χ1n) is 3.68. The fraction of sp³-hybridized carbons (Fsp3) is 0.875. The first-order chi connectivity index (χ1) is 4.63. The first-order valence-corrected chi connectivity index (χ1v) is 3.68. The van der Waals surface area contributed by atoms with Crippen molar-refractivity contribution in [2.45, 2.75) is 45.8 Å². The Kier molecular flexibility index (Phi) is 2.67. The lowest BCUT2D eigenvalue weighted by atomic mass is 10.0. The van der Waals surface area contributed by atoms with Crippen LogP contribution >= 0.6 is 0 Å². The van der Waals surface area contributed by atoms with Crippen molar-refractivity contribution in [2.24, 2.45) is 0 Å². The molecule has 3 nitrogen and oxygen atoms in total. The number of hydrogen-bond acceptors (Lipinski definition) is 2. The van der Waals surface area contributed by atoms with E-state index in [1.165, 1.54) is 13.8 Å². The van der Waals surface area contributed by atoms with Gasteiger partial charge in [0.15, 0.2) is 0 Å². The maximum atomic E-state index is 11.1. The van der Waals surface area contributed by atoms with Crippen LogP contribution in [-0.4, -0.2) is 22.2 Å². The summed E-state index contributed by atoms with van der Waals surface area (Å²) in [6.07, 6.45) is 0. The predicted molar refractivity (Wildman–Crippen MR) is 44.2 cm³/mol. The molecule has 0 aliphatic heterocycles. The van der Waals surface area contributed by atoms with Crippen molar-refractivity contribution in [2.75, 3.05) is 0 Å². The van der Waals surface area contributed by atoms with Crippen LogP contribution < -0.4 is 5.32 Å². The lowest BCUT2D eigenvalue weighted by Gasteiger charge is -2.25. The van der Waals surface area contributed by atoms with Gasteiger partial charge in [-0.2, -0.15) is 0 Å². The van der Waals surface area contributed by atoms with Gasteiger partial charge in [-0.25, -0.2) is 0 Å². The number of amides is 1. The van der Waals surface area contributed by atoms with Crippen LogP contribution in [0.15, 0.2) is 0 Å². The summed E-state index contributed by atoms with van der Waals surface area (Å²) in [7, 11) is 0. The lowest BCUT2D eigenvalue weighted by Crippen LogP contribution is -2.50. The zero-order valence-corrected chi connectivity index (χ0v) is 7.86. The molecule has 66 valence electrons. The summed E-state index contributed by atoms with van der Waals surface area (Å²) in [6.45, 7) is 8.55. The van der Waals surface area contributed by atoms with Gasteiger partial charge in [0.1, 0.15) is 5.60 Å². The van der Waals surface area contributed by atoms with E-state index in [-0.39, 0.29) is 11.4 Å². The number of aliphatic hydroxyl groups is 1. The third-order valence-corrected chi connectivity index (χ3v) is 1.04. The van der Waals surface area contributed by atoms with E-state index in [1.54, 1.807) is 0 Å². The Morgan fingerprint density at radius 2 is 1.55 bits per heavy atom. The molecular weight excluding hydrogens is 142 g/mol.